The number of benzene rings is 3. The maximum atomic E-state index is 13.4. The SMILES string of the molecule is CCOc1ccc(C(=O)N[C@H](C)c2ccc(Cl)cc2)cc1CN(c1ccc(F)cc1)S(C)(=O)=O. The molecule has 1 amide bonds. The number of amides is 1. The average Bonchev–Trinajstić information content (AvgIpc) is 2.79. The minimum Gasteiger partial charge on any atom is -0.494 e. The molecule has 0 bridgehead atoms. The fraction of sp³-hybridized carbons (Fsp3) is 0.240. The molecular weight excluding hydrogens is 479 g/mol. The summed E-state index contributed by atoms with van der Waals surface area (Å²) in [6, 6.07) is 17.0. The van der Waals surface area contributed by atoms with Gasteiger partial charge in [-0.2, -0.15) is 0 Å². The van der Waals surface area contributed by atoms with Gasteiger partial charge in [0.25, 0.3) is 5.91 Å². The van der Waals surface area contributed by atoms with Crippen molar-refractivity contribution in [3.63, 3.8) is 0 Å². The van der Waals surface area contributed by atoms with Gasteiger partial charge in [0.1, 0.15) is 11.6 Å². The molecule has 0 saturated heterocycles. The number of nitrogens with one attached hydrogen (secondary N) is 1. The Bertz CT molecular complexity index is 1250. The van der Waals surface area contributed by atoms with Gasteiger partial charge < -0.3 is 10.1 Å². The van der Waals surface area contributed by atoms with Gasteiger partial charge in [-0.3, -0.25) is 9.10 Å². The lowest BCUT2D eigenvalue weighted by Gasteiger charge is -2.24. The third-order valence-electron chi connectivity index (χ3n) is 5.17. The summed E-state index contributed by atoms with van der Waals surface area (Å²) in [5, 5.41) is 3.54. The summed E-state index contributed by atoms with van der Waals surface area (Å²) >= 11 is 5.94. The van der Waals surface area contributed by atoms with E-state index < -0.39 is 15.8 Å². The van der Waals surface area contributed by atoms with Crippen LogP contribution >= 0.6 is 11.6 Å². The molecule has 1 atom stereocenters. The van der Waals surface area contributed by atoms with E-state index in [2.05, 4.69) is 5.32 Å². The monoisotopic (exact) mass is 504 g/mol. The predicted octanol–water partition coefficient (Wildman–Crippen LogP) is 5.34. The van der Waals surface area contributed by atoms with Crippen molar-refractivity contribution in [3.05, 3.63) is 94.3 Å². The van der Waals surface area contributed by atoms with E-state index in [1.165, 1.54) is 24.3 Å². The van der Waals surface area contributed by atoms with Crippen molar-refractivity contribution in [2.24, 2.45) is 0 Å². The van der Waals surface area contributed by atoms with Gasteiger partial charge in [-0.15, -0.1) is 0 Å². The molecule has 0 radical (unpaired) electrons. The number of carbonyl (C=O) groups is 1. The Morgan fingerprint density at radius 2 is 1.74 bits per heavy atom. The summed E-state index contributed by atoms with van der Waals surface area (Å²) in [4.78, 5) is 13.0. The zero-order valence-electron chi connectivity index (χ0n) is 19.1. The largest absolute Gasteiger partial charge is 0.494 e. The summed E-state index contributed by atoms with van der Waals surface area (Å²) in [5.74, 6) is -0.333. The van der Waals surface area contributed by atoms with Crippen LogP contribution in [0.15, 0.2) is 66.7 Å². The molecule has 0 spiro atoms. The first-order chi connectivity index (χ1) is 16.1. The number of anilines is 1. The first-order valence-corrected chi connectivity index (χ1v) is 12.9. The van der Waals surface area contributed by atoms with Crippen LogP contribution in [0.25, 0.3) is 0 Å². The molecule has 0 aliphatic rings. The number of ether oxygens (including phenoxy) is 1. The lowest BCUT2D eigenvalue weighted by atomic mass is 10.1. The highest BCUT2D eigenvalue weighted by Crippen LogP contribution is 2.27. The van der Waals surface area contributed by atoms with Crippen LogP contribution < -0.4 is 14.4 Å². The summed E-state index contributed by atoms with van der Waals surface area (Å²) < 4.78 is 45.3. The summed E-state index contributed by atoms with van der Waals surface area (Å²) in [7, 11) is -3.71. The van der Waals surface area contributed by atoms with Gasteiger partial charge in [-0.25, -0.2) is 12.8 Å². The number of hydrogen-bond donors (Lipinski definition) is 1. The Morgan fingerprint density at radius 1 is 1.09 bits per heavy atom. The van der Waals surface area contributed by atoms with Crippen LogP contribution in [0.5, 0.6) is 5.75 Å². The molecule has 3 rings (SSSR count). The second-order valence-corrected chi connectivity index (χ2v) is 10.1. The summed E-state index contributed by atoms with van der Waals surface area (Å²) in [6.45, 7) is 3.94. The lowest BCUT2D eigenvalue weighted by molar-refractivity contribution is 0.0939. The molecule has 180 valence electrons. The molecular formula is C25H26ClFN2O4S. The van der Waals surface area contributed by atoms with Crippen LogP contribution in [0, 0.1) is 5.82 Å². The molecule has 0 aliphatic carbocycles. The van der Waals surface area contributed by atoms with Gasteiger partial charge in [0.2, 0.25) is 10.0 Å². The highest BCUT2D eigenvalue weighted by molar-refractivity contribution is 7.92. The van der Waals surface area contributed by atoms with Gasteiger partial charge in [-0.05, 0) is 74.0 Å². The number of hydrogen-bond acceptors (Lipinski definition) is 4. The molecule has 3 aromatic carbocycles. The van der Waals surface area contributed by atoms with E-state index in [0.29, 0.717) is 34.2 Å². The first-order valence-electron chi connectivity index (χ1n) is 10.6. The van der Waals surface area contributed by atoms with Crippen LogP contribution in [-0.4, -0.2) is 27.2 Å². The van der Waals surface area contributed by atoms with Crippen LogP contribution in [0.2, 0.25) is 5.02 Å². The van der Waals surface area contributed by atoms with Crippen molar-refractivity contribution in [1.29, 1.82) is 0 Å². The van der Waals surface area contributed by atoms with E-state index in [-0.39, 0.29) is 18.5 Å². The van der Waals surface area contributed by atoms with Crippen molar-refractivity contribution in [2.45, 2.75) is 26.4 Å². The van der Waals surface area contributed by atoms with Crippen LogP contribution in [0.1, 0.15) is 41.4 Å². The molecule has 0 aliphatic heterocycles. The van der Waals surface area contributed by atoms with E-state index in [4.69, 9.17) is 16.3 Å². The van der Waals surface area contributed by atoms with Crippen molar-refractivity contribution < 1.29 is 22.3 Å². The molecule has 0 heterocycles. The van der Waals surface area contributed by atoms with Gasteiger partial charge in [0.15, 0.2) is 0 Å². The Labute approximate surface area is 204 Å². The maximum absolute atomic E-state index is 13.4. The minimum absolute atomic E-state index is 0.0896. The van der Waals surface area contributed by atoms with Gasteiger partial charge in [0.05, 0.1) is 31.1 Å². The van der Waals surface area contributed by atoms with E-state index in [1.807, 2.05) is 26.0 Å². The third-order valence-corrected chi connectivity index (χ3v) is 6.56. The minimum atomic E-state index is -3.71. The van der Waals surface area contributed by atoms with E-state index in [1.54, 1.807) is 30.3 Å². The molecule has 1 N–H and O–H groups in total. The van der Waals surface area contributed by atoms with Crippen LogP contribution in [0.3, 0.4) is 0 Å². The molecule has 0 unspecified atom stereocenters. The van der Waals surface area contributed by atoms with Gasteiger partial charge in [0, 0.05) is 16.1 Å². The number of carbonyl (C=O) groups excluding carboxylic acids is 1. The molecule has 34 heavy (non-hydrogen) atoms. The van der Waals surface area contributed by atoms with Crippen LogP contribution in [-0.2, 0) is 16.6 Å². The molecule has 6 nitrogen and oxygen atoms in total. The molecule has 0 aromatic heterocycles. The van der Waals surface area contributed by atoms with Crippen molar-refractivity contribution in [1.82, 2.24) is 5.32 Å². The Morgan fingerprint density at radius 3 is 2.32 bits per heavy atom. The first kappa shape index (κ1) is 25.5. The Hall–Kier alpha value is -3.10. The molecule has 9 heteroatoms. The van der Waals surface area contributed by atoms with Crippen molar-refractivity contribution >= 4 is 33.2 Å². The highest BCUT2D eigenvalue weighted by Gasteiger charge is 2.21. The second kappa shape index (κ2) is 10.9. The standard InChI is InChI=1S/C25H26ClFN2O4S/c1-4-33-24-14-7-19(25(30)28-17(2)18-5-8-21(26)9-6-18)15-20(24)16-29(34(3,31)32)23-12-10-22(27)11-13-23/h5-15,17H,4,16H2,1-3H3,(H,28,30)/t17-/m1/s1. The maximum Gasteiger partial charge on any atom is 0.251 e. The number of nitrogens with zero attached hydrogens (tertiary/aromatic N) is 1. The number of halogens is 2. The summed E-state index contributed by atoms with van der Waals surface area (Å²) in [6.07, 6.45) is 1.07. The van der Waals surface area contributed by atoms with Crippen molar-refractivity contribution in [3.8, 4) is 5.75 Å². The Kier molecular flexibility index (Phi) is 8.17. The second-order valence-electron chi connectivity index (χ2n) is 7.75. The fourth-order valence-corrected chi connectivity index (χ4v) is 4.42. The van der Waals surface area contributed by atoms with Crippen LogP contribution in [0.4, 0.5) is 10.1 Å². The van der Waals surface area contributed by atoms with E-state index in [9.17, 15) is 17.6 Å². The highest BCUT2D eigenvalue weighted by atomic mass is 35.5. The summed E-state index contributed by atoms with van der Waals surface area (Å²) in [5.41, 5.74) is 2.05. The average molecular weight is 505 g/mol. The fourth-order valence-electron chi connectivity index (χ4n) is 3.42. The lowest BCUT2D eigenvalue weighted by Crippen LogP contribution is -2.30. The number of sulfonamides is 1. The quantitative estimate of drug-likeness (QED) is 0.427. The van der Waals surface area contributed by atoms with E-state index in [0.717, 1.165) is 16.1 Å². The van der Waals surface area contributed by atoms with Gasteiger partial charge in [-0.1, -0.05) is 23.7 Å². The van der Waals surface area contributed by atoms with Gasteiger partial charge >= 0.3 is 0 Å². The zero-order chi connectivity index (χ0) is 24.9. The van der Waals surface area contributed by atoms with Crippen molar-refractivity contribution in [2.75, 3.05) is 17.2 Å². The Balaban J connectivity index is 1.90. The third kappa shape index (κ3) is 6.48. The smallest absolute Gasteiger partial charge is 0.251 e. The zero-order valence-corrected chi connectivity index (χ0v) is 20.7. The molecule has 0 saturated carbocycles. The topological polar surface area (TPSA) is 75.7 Å². The molecule has 3 aromatic rings. The number of rotatable bonds is 9. The van der Waals surface area contributed by atoms with E-state index >= 15 is 0 Å². The predicted molar refractivity (Wildman–Crippen MR) is 132 cm³/mol. The molecule has 0 fully saturated rings. The normalized spacial score (nSPS) is 12.1.